The van der Waals surface area contributed by atoms with Gasteiger partial charge in [0, 0.05) is 30.5 Å². The summed E-state index contributed by atoms with van der Waals surface area (Å²) in [6, 6.07) is 4.10. The third-order valence-electron chi connectivity index (χ3n) is 2.63. The highest BCUT2D eigenvalue weighted by molar-refractivity contribution is 7.99. The Hall–Kier alpha value is -0.780. The van der Waals surface area contributed by atoms with E-state index in [0.29, 0.717) is 17.1 Å². The van der Waals surface area contributed by atoms with Gasteiger partial charge in [0.2, 0.25) is 5.91 Å². The van der Waals surface area contributed by atoms with Crippen molar-refractivity contribution in [3.63, 3.8) is 0 Å². The Kier molecular flexibility index (Phi) is 4.86. The standard InChI is InChI=1S/C12H14ClFN2OS/c13-10-2-1-8(14)5-11(10)16-12(17)6-9-7-18-4-3-15-9/h1-2,5,9,15H,3-4,6-7H2,(H,16,17). The number of hydrogen-bond donors (Lipinski definition) is 2. The molecule has 0 saturated carbocycles. The van der Waals surface area contributed by atoms with Gasteiger partial charge in [-0.2, -0.15) is 11.8 Å². The van der Waals surface area contributed by atoms with Crippen molar-refractivity contribution >= 4 is 35.0 Å². The van der Waals surface area contributed by atoms with E-state index in [9.17, 15) is 9.18 Å². The number of amides is 1. The lowest BCUT2D eigenvalue weighted by Gasteiger charge is -2.22. The molecule has 98 valence electrons. The van der Waals surface area contributed by atoms with Gasteiger partial charge in [0.1, 0.15) is 5.82 Å². The van der Waals surface area contributed by atoms with Gasteiger partial charge in [-0.3, -0.25) is 4.79 Å². The maximum Gasteiger partial charge on any atom is 0.226 e. The number of rotatable bonds is 3. The zero-order valence-electron chi connectivity index (χ0n) is 9.71. The molecule has 0 aromatic heterocycles. The second kappa shape index (κ2) is 6.41. The van der Waals surface area contributed by atoms with Gasteiger partial charge in [-0.25, -0.2) is 4.39 Å². The Bertz CT molecular complexity index is 438. The summed E-state index contributed by atoms with van der Waals surface area (Å²) in [6.45, 7) is 0.920. The molecule has 2 rings (SSSR count). The molecule has 1 amide bonds. The van der Waals surface area contributed by atoms with Gasteiger partial charge in [0.05, 0.1) is 10.7 Å². The lowest BCUT2D eigenvalue weighted by Crippen LogP contribution is -2.39. The topological polar surface area (TPSA) is 41.1 Å². The molecular formula is C12H14ClFN2OS. The van der Waals surface area contributed by atoms with E-state index in [4.69, 9.17) is 11.6 Å². The van der Waals surface area contributed by atoms with Crippen LogP contribution in [0.3, 0.4) is 0 Å². The molecule has 2 N–H and O–H groups in total. The first kappa shape index (κ1) is 13.6. The molecular weight excluding hydrogens is 275 g/mol. The summed E-state index contributed by atoms with van der Waals surface area (Å²) in [6.07, 6.45) is 0.375. The molecule has 0 radical (unpaired) electrons. The van der Waals surface area contributed by atoms with Gasteiger partial charge in [-0.05, 0) is 18.2 Å². The molecule has 0 bridgehead atoms. The Morgan fingerprint density at radius 3 is 3.17 bits per heavy atom. The summed E-state index contributed by atoms with van der Waals surface area (Å²) in [7, 11) is 0. The van der Waals surface area contributed by atoms with Crippen LogP contribution in [0.1, 0.15) is 6.42 Å². The van der Waals surface area contributed by atoms with Crippen LogP contribution in [-0.2, 0) is 4.79 Å². The van der Waals surface area contributed by atoms with Crippen LogP contribution in [-0.4, -0.2) is 30.0 Å². The number of benzene rings is 1. The van der Waals surface area contributed by atoms with E-state index in [1.165, 1.54) is 18.2 Å². The minimum Gasteiger partial charge on any atom is -0.325 e. The fourth-order valence-electron chi connectivity index (χ4n) is 1.77. The Balaban J connectivity index is 1.92. The summed E-state index contributed by atoms with van der Waals surface area (Å²) >= 11 is 7.71. The van der Waals surface area contributed by atoms with E-state index < -0.39 is 5.82 Å². The van der Waals surface area contributed by atoms with E-state index in [-0.39, 0.29) is 11.9 Å². The van der Waals surface area contributed by atoms with Gasteiger partial charge in [-0.1, -0.05) is 11.6 Å². The van der Waals surface area contributed by atoms with Crippen LogP contribution in [0.5, 0.6) is 0 Å². The highest BCUT2D eigenvalue weighted by Gasteiger charge is 2.17. The molecule has 1 aromatic carbocycles. The zero-order chi connectivity index (χ0) is 13.0. The minimum atomic E-state index is -0.416. The van der Waals surface area contributed by atoms with E-state index >= 15 is 0 Å². The van der Waals surface area contributed by atoms with Gasteiger partial charge < -0.3 is 10.6 Å². The number of anilines is 1. The summed E-state index contributed by atoms with van der Waals surface area (Å²) in [5.41, 5.74) is 0.324. The van der Waals surface area contributed by atoms with Crippen molar-refractivity contribution in [1.82, 2.24) is 5.32 Å². The lowest BCUT2D eigenvalue weighted by atomic mass is 10.2. The van der Waals surface area contributed by atoms with Crippen molar-refractivity contribution in [2.75, 3.05) is 23.4 Å². The normalized spacial score (nSPS) is 19.6. The van der Waals surface area contributed by atoms with Crippen LogP contribution in [0.25, 0.3) is 0 Å². The quantitative estimate of drug-likeness (QED) is 0.898. The number of nitrogens with one attached hydrogen (secondary N) is 2. The summed E-state index contributed by atoms with van der Waals surface area (Å²) in [4.78, 5) is 11.8. The third kappa shape index (κ3) is 3.86. The van der Waals surface area contributed by atoms with Crippen LogP contribution < -0.4 is 10.6 Å². The molecule has 1 atom stereocenters. The van der Waals surface area contributed by atoms with Crippen LogP contribution in [0.2, 0.25) is 5.02 Å². The summed E-state index contributed by atoms with van der Waals surface area (Å²) in [5.74, 6) is 1.43. The Morgan fingerprint density at radius 2 is 2.44 bits per heavy atom. The maximum absolute atomic E-state index is 13.0. The van der Waals surface area contributed by atoms with E-state index in [0.717, 1.165) is 18.1 Å². The second-order valence-electron chi connectivity index (χ2n) is 4.10. The zero-order valence-corrected chi connectivity index (χ0v) is 11.3. The minimum absolute atomic E-state index is 0.150. The van der Waals surface area contributed by atoms with Crippen molar-refractivity contribution in [3.05, 3.63) is 29.0 Å². The molecule has 1 aromatic rings. The number of carbonyl (C=O) groups is 1. The summed E-state index contributed by atoms with van der Waals surface area (Å²) in [5, 5.41) is 6.25. The fourth-order valence-corrected chi connectivity index (χ4v) is 2.88. The molecule has 0 aliphatic carbocycles. The van der Waals surface area contributed by atoms with Gasteiger partial charge in [0.25, 0.3) is 0 Å². The average Bonchev–Trinajstić information content (AvgIpc) is 2.35. The molecule has 1 unspecified atom stereocenters. The predicted octanol–water partition coefficient (Wildman–Crippen LogP) is 2.51. The molecule has 1 heterocycles. The second-order valence-corrected chi connectivity index (χ2v) is 5.66. The number of carbonyl (C=O) groups excluding carboxylic acids is 1. The first-order chi connectivity index (χ1) is 8.65. The largest absolute Gasteiger partial charge is 0.325 e. The highest BCUT2D eigenvalue weighted by atomic mass is 35.5. The smallest absolute Gasteiger partial charge is 0.226 e. The number of hydrogen-bond acceptors (Lipinski definition) is 3. The van der Waals surface area contributed by atoms with Crippen LogP contribution in [0.15, 0.2) is 18.2 Å². The Labute approximate surface area is 114 Å². The fraction of sp³-hybridized carbons (Fsp3) is 0.417. The van der Waals surface area contributed by atoms with Crippen molar-refractivity contribution in [2.45, 2.75) is 12.5 Å². The average molecular weight is 289 g/mol. The van der Waals surface area contributed by atoms with Crippen molar-refractivity contribution in [3.8, 4) is 0 Å². The van der Waals surface area contributed by atoms with E-state index in [2.05, 4.69) is 10.6 Å². The molecule has 6 heteroatoms. The number of thioether (sulfide) groups is 1. The maximum atomic E-state index is 13.0. The SMILES string of the molecule is O=C(CC1CSCCN1)Nc1cc(F)ccc1Cl. The monoisotopic (exact) mass is 288 g/mol. The first-order valence-corrected chi connectivity index (χ1v) is 7.24. The van der Waals surface area contributed by atoms with Crippen LogP contribution in [0, 0.1) is 5.82 Å². The van der Waals surface area contributed by atoms with E-state index in [1.54, 1.807) is 0 Å². The van der Waals surface area contributed by atoms with Crippen LogP contribution >= 0.6 is 23.4 Å². The third-order valence-corrected chi connectivity index (χ3v) is 4.09. The van der Waals surface area contributed by atoms with Gasteiger partial charge in [-0.15, -0.1) is 0 Å². The lowest BCUT2D eigenvalue weighted by molar-refractivity contribution is -0.116. The molecule has 1 fully saturated rings. The Morgan fingerprint density at radius 1 is 1.61 bits per heavy atom. The molecule has 18 heavy (non-hydrogen) atoms. The molecule has 1 saturated heterocycles. The van der Waals surface area contributed by atoms with Crippen LogP contribution in [0.4, 0.5) is 10.1 Å². The molecule has 1 aliphatic rings. The first-order valence-electron chi connectivity index (χ1n) is 5.71. The predicted molar refractivity (Wildman–Crippen MR) is 73.8 cm³/mol. The van der Waals surface area contributed by atoms with Gasteiger partial charge >= 0.3 is 0 Å². The van der Waals surface area contributed by atoms with Crippen molar-refractivity contribution in [2.24, 2.45) is 0 Å². The van der Waals surface area contributed by atoms with Gasteiger partial charge in [0.15, 0.2) is 0 Å². The molecule has 3 nitrogen and oxygen atoms in total. The summed E-state index contributed by atoms with van der Waals surface area (Å²) < 4.78 is 13.0. The molecule has 1 aliphatic heterocycles. The van der Waals surface area contributed by atoms with Crippen molar-refractivity contribution in [1.29, 1.82) is 0 Å². The van der Waals surface area contributed by atoms with E-state index in [1.807, 2.05) is 11.8 Å². The molecule has 0 spiro atoms. The highest BCUT2D eigenvalue weighted by Crippen LogP contribution is 2.22. The number of halogens is 2. The van der Waals surface area contributed by atoms with Crippen molar-refractivity contribution < 1.29 is 9.18 Å².